The quantitative estimate of drug-likeness (QED) is 0.816. The van der Waals surface area contributed by atoms with Gasteiger partial charge >= 0.3 is 0 Å². The highest BCUT2D eigenvalue weighted by atomic mass is 16.5. The maximum Gasteiger partial charge on any atom is 0.225 e. The number of ether oxygens (including phenoxy) is 1. The number of piperidine rings is 1. The number of carbonyl (C=O) groups is 2. The van der Waals surface area contributed by atoms with E-state index in [1.54, 1.807) is 6.92 Å². The Balaban J connectivity index is 1.62. The predicted molar refractivity (Wildman–Crippen MR) is 89.3 cm³/mol. The Morgan fingerprint density at radius 1 is 1.21 bits per heavy atom. The molecule has 3 rings (SSSR count). The first-order chi connectivity index (χ1) is 11.4. The third-order valence-corrected chi connectivity index (χ3v) is 6.33. The highest BCUT2D eigenvalue weighted by Gasteiger charge is 2.52. The van der Waals surface area contributed by atoms with Crippen LogP contribution in [-0.2, 0) is 14.3 Å². The Kier molecular flexibility index (Phi) is 4.89. The lowest BCUT2D eigenvalue weighted by molar-refractivity contribution is -0.141. The molecule has 0 unspecified atom stereocenters. The van der Waals surface area contributed by atoms with Gasteiger partial charge in [0.05, 0.1) is 12.1 Å². The number of rotatable bonds is 2. The molecule has 3 fully saturated rings. The predicted octanol–water partition coefficient (Wildman–Crippen LogP) is 1.03. The minimum Gasteiger partial charge on any atom is -0.394 e. The molecule has 0 aromatic carbocycles. The number of aliphatic hydroxyl groups excluding tert-OH is 1. The Labute approximate surface area is 144 Å². The van der Waals surface area contributed by atoms with Crippen LogP contribution in [0, 0.1) is 11.3 Å². The summed E-state index contributed by atoms with van der Waals surface area (Å²) in [6, 6.07) is 0. The second-order valence-electron chi connectivity index (χ2n) is 8.15. The van der Waals surface area contributed by atoms with Crippen LogP contribution in [-0.4, -0.2) is 71.7 Å². The topological polar surface area (TPSA) is 70.1 Å². The standard InChI is InChI=1S/C18H30N2O4/c1-14(22)20-12-18(11-17(20,2)13-21)5-7-19(8-6-18)16(23)15-3-9-24-10-4-15/h15,21H,3-13H2,1-2H3/t17-/m0/s1. The highest BCUT2D eigenvalue weighted by Crippen LogP contribution is 2.48. The molecule has 2 amide bonds. The van der Waals surface area contributed by atoms with Crippen molar-refractivity contribution in [1.29, 1.82) is 0 Å². The summed E-state index contributed by atoms with van der Waals surface area (Å²) >= 11 is 0. The molecule has 0 saturated carbocycles. The van der Waals surface area contributed by atoms with Crippen molar-refractivity contribution in [1.82, 2.24) is 9.80 Å². The first-order valence-corrected chi connectivity index (χ1v) is 9.15. The van der Waals surface area contributed by atoms with Gasteiger partial charge in [0.25, 0.3) is 0 Å². The number of amides is 2. The van der Waals surface area contributed by atoms with E-state index in [1.807, 2.05) is 16.7 Å². The summed E-state index contributed by atoms with van der Waals surface area (Å²) in [6.45, 7) is 7.18. The zero-order valence-electron chi connectivity index (χ0n) is 14.9. The Bertz CT molecular complexity index is 495. The first-order valence-electron chi connectivity index (χ1n) is 9.15. The van der Waals surface area contributed by atoms with Gasteiger partial charge in [0.2, 0.25) is 11.8 Å². The summed E-state index contributed by atoms with van der Waals surface area (Å²) < 4.78 is 5.35. The molecule has 3 aliphatic rings. The van der Waals surface area contributed by atoms with Crippen LogP contribution in [0.3, 0.4) is 0 Å². The normalized spacial score (nSPS) is 30.8. The minimum absolute atomic E-state index is 0.000944. The molecule has 1 spiro atoms. The molecule has 1 atom stereocenters. The number of hydrogen-bond donors (Lipinski definition) is 1. The van der Waals surface area contributed by atoms with Gasteiger partial charge in [-0.05, 0) is 44.4 Å². The van der Waals surface area contributed by atoms with E-state index in [9.17, 15) is 14.7 Å². The average molecular weight is 338 g/mol. The summed E-state index contributed by atoms with van der Waals surface area (Å²) in [5, 5.41) is 9.80. The molecule has 3 aliphatic heterocycles. The largest absolute Gasteiger partial charge is 0.394 e. The molecule has 0 bridgehead atoms. The fraction of sp³-hybridized carbons (Fsp3) is 0.889. The molecule has 6 nitrogen and oxygen atoms in total. The zero-order chi connectivity index (χ0) is 17.4. The average Bonchev–Trinajstić information content (AvgIpc) is 2.89. The van der Waals surface area contributed by atoms with Gasteiger partial charge in [-0.25, -0.2) is 0 Å². The number of likely N-dealkylation sites (tertiary alicyclic amines) is 2. The lowest BCUT2D eigenvalue weighted by Crippen LogP contribution is -2.47. The van der Waals surface area contributed by atoms with Gasteiger partial charge in [0.15, 0.2) is 0 Å². The van der Waals surface area contributed by atoms with Gasteiger partial charge in [-0.15, -0.1) is 0 Å². The molecular weight excluding hydrogens is 308 g/mol. The molecule has 0 aromatic heterocycles. The zero-order valence-corrected chi connectivity index (χ0v) is 14.9. The van der Waals surface area contributed by atoms with Gasteiger partial charge in [-0.1, -0.05) is 0 Å². The maximum atomic E-state index is 12.7. The number of carbonyl (C=O) groups excluding carboxylic acids is 2. The van der Waals surface area contributed by atoms with E-state index in [4.69, 9.17) is 4.74 Å². The van der Waals surface area contributed by atoms with Crippen molar-refractivity contribution in [3.63, 3.8) is 0 Å². The SMILES string of the molecule is CC(=O)N1CC2(CCN(C(=O)C3CCOCC3)CC2)C[C@@]1(C)CO. The lowest BCUT2D eigenvalue weighted by Gasteiger charge is -2.41. The van der Waals surface area contributed by atoms with Crippen LogP contribution >= 0.6 is 0 Å². The van der Waals surface area contributed by atoms with Gasteiger partial charge in [0, 0.05) is 45.7 Å². The van der Waals surface area contributed by atoms with Crippen molar-refractivity contribution >= 4 is 11.8 Å². The molecule has 6 heteroatoms. The molecule has 136 valence electrons. The maximum absolute atomic E-state index is 12.7. The van der Waals surface area contributed by atoms with Crippen LogP contribution in [0.1, 0.15) is 46.0 Å². The first kappa shape index (κ1) is 17.7. The second-order valence-corrected chi connectivity index (χ2v) is 8.15. The lowest BCUT2D eigenvalue weighted by atomic mass is 9.74. The Morgan fingerprint density at radius 3 is 2.33 bits per heavy atom. The van der Waals surface area contributed by atoms with Crippen molar-refractivity contribution in [2.45, 2.75) is 51.5 Å². The van der Waals surface area contributed by atoms with Crippen LogP contribution < -0.4 is 0 Å². The van der Waals surface area contributed by atoms with Gasteiger partial charge in [-0.3, -0.25) is 9.59 Å². The molecule has 24 heavy (non-hydrogen) atoms. The number of aliphatic hydroxyl groups is 1. The van der Waals surface area contributed by atoms with Crippen molar-refractivity contribution < 1.29 is 19.4 Å². The molecule has 0 radical (unpaired) electrons. The monoisotopic (exact) mass is 338 g/mol. The number of hydrogen-bond acceptors (Lipinski definition) is 4. The molecule has 0 aliphatic carbocycles. The van der Waals surface area contributed by atoms with E-state index in [-0.39, 0.29) is 29.8 Å². The van der Waals surface area contributed by atoms with E-state index in [1.165, 1.54) is 0 Å². The van der Waals surface area contributed by atoms with E-state index >= 15 is 0 Å². The van der Waals surface area contributed by atoms with Gasteiger partial charge < -0.3 is 19.6 Å². The van der Waals surface area contributed by atoms with Crippen LogP contribution in [0.25, 0.3) is 0 Å². The molecule has 3 saturated heterocycles. The van der Waals surface area contributed by atoms with Crippen molar-refractivity contribution in [3.8, 4) is 0 Å². The highest BCUT2D eigenvalue weighted by molar-refractivity contribution is 5.79. The van der Waals surface area contributed by atoms with E-state index < -0.39 is 5.54 Å². The number of nitrogens with zero attached hydrogens (tertiary/aromatic N) is 2. The van der Waals surface area contributed by atoms with Gasteiger partial charge in [-0.2, -0.15) is 0 Å². The molecule has 3 heterocycles. The van der Waals surface area contributed by atoms with Crippen LogP contribution in [0.15, 0.2) is 0 Å². The van der Waals surface area contributed by atoms with Crippen molar-refractivity contribution in [2.75, 3.05) is 39.5 Å². The smallest absolute Gasteiger partial charge is 0.225 e. The molecule has 1 N–H and O–H groups in total. The summed E-state index contributed by atoms with van der Waals surface area (Å²) in [7, 11) is 0. The summed E-state index contributed by atoms with van der Waals surface area (Å²) in [4.78, 5) is 28.5. The summed E-state index contributed by atoms with van der Waals surface area (Å²) in [5.74, 6) is 0.427. The molecule has 0 aromatic rings. The summed E-state index contributed by atoms with van der Waals surface area (Å²) in [6.07, 6.45) is 4.33. The Hall–Kier alpha value is -1.14. The van der Waals surface area contributed by atoms with Crippen LogP contribution in [0.4, 0.5) is 0 Å². The van der Waals surface area contributed by atoms with E-state index in [2.05, 4.69) is 0 Å². The van der Waals surface area contributed by atoms with Crippen molar-refractivity contribution in [3.05, 3.63) is 0 Å². The van der Waals surface area contributed by atoms with Gasteiger partial charge in [0.1, 0.15) is 0 Å². The second kappa shape index (κ2) is 6.64. The van der Waals surface area contributed by atoms with E-state index in [0.717, 1.165) is 45.2 Å². The van der Waals surface area contributed by atoms with Crippen molar-refractivity contribution in [2.24, 2.45) is 11.3 Å². The minimum atomic E-state index is -0.460. The summed E-state index contributed by atoms with van der Waals surface area (Å²) in [5.41, 5.74) is -0.408. The molecular formula is C18H30N2O4. The van der Waals surface area contributed by atoms with Crippen LogP contribution in [0.2, 0.25) is 0 Å². The third-order valence-electron chi connectivity index (χ3n) is 6.33. The fourth-order valence-corrected chi connectivity index (χ4v) is 4.86. The van der Waals surface area contributed by atoms with Crippen LogP contribution in [0.5, 0.6) is 0 Å². The fourth-order valence-electron chi connectivity index (χ4n) is 4.86. The third kappa shape index (κ3) is 3.18. The van der Waals surface area contributed by atoms with E-state index in [0.29, 0.717) is 19.8 Å². The Morgan fingerprint density at radius 2 is 1.83 bits per heavy atom.